The number of benzene rings is 2. The monoisotopic (exact) mass is 288 g/mol. The predicted molar refractivity (Wildman–Crippen MR) is 79.9 cm³/mol. The lowest BCUT2D eigenvalue weighted by atomic mass is 10.2. The fourth-order valence-electron chi connectivity index (χ4n) is 1.87. The molecule has 0 atom stereocenters. The van der Waals surface area contributed by atoms with Crippen LogP contribution in [0.25, 0.3) is 0 Å². The van der Waals surface area contributed by atoms with Crippen molar-refractivity contribution in [3.05, 3.63) is 59.9 Å². The van der Waals surface area contributed by atoms with Crippen molar-refractivity contribution in [3.8, 4) is 5.75 Å². The number of methoxy groups -OCH3 is 1. The first-order chi connectivity index (χ1) is 10.1. The van der Waals surface area contributed by atoms with Gasteiger partial charge in [-0.1, -0.05) is 12.1 Å². The van der Waals surface area contributed by atoms with Gasteiger partial charge in [0.1, 0.15) is 11.6 Å². The molecule has 0 spiro atoms. The molecule has 5 heteroatoms. The van der Waals surface area contributed by atoms with Crippen LogP contribution in [-0.4, -0.2) is 25.1 Å². The third kappa shape index (κ3) is 4.21. The highest BCUT2D eigenvalue weighted by Crippen LogP contribution is 2.15. The van der Waals surface area contributed by atoms with Crippen LogP contribution in [-0.2, 0) is 6.54 Å². The first-order valence-electron chi connectivity index (χ1n) is 6.49. The number of carbonyl (C=O) groups excluding carboxylic acids is 1. The number of nitrogens with zero attached hydrogens (tertiary/aromatic N) is 1. The maximum Gasteiger partial charge on any atom is 0.321 e. The van der Waals surface area contributed by atoms with Crippen LogP contribution < -0.4 is 10.1 Å². The highest BCUT2D eigenvalue weighted by Gasteiger charge is 2.09. The normalized spacial score (nSPS) is 10.0. The standard InChI is InChI=1S/C16H17FN2O2/c1-19(11-12-4-3-5-13(17)10-12)16(20)18-14-6-8-15(21-2)9-7-14/h3-10H,11H2,1-2H3,(H,18,20). The first-order valence-corrected chi connectivity index (χ1v) is 6.49. The summed E-state index contributed by atoms with van der Waals surface area (Å²) in [5.74, 6) is 0.414. The minimum absolute atomic E-state index is 0.260. The third-order valence-corrected chi connectivity index (χ3v) is 3.00. The highest BCUT2D eigenvalue weighted by molar-refractivity contribution is 5.89. The Labute approximate surface area is 123 Å². The van der Waals surface area contributed by atoms with E-state index in [9.17, 15) is 9.18 Å². The van der Waals surface area contributed by atoms with Gasteiger partial charge in [0.25, 0.3) is 0 Å². The first kappa shape index (κ1) is 14.8. The number of halogens is 1. The molecule has 110 valence electrons. The highest BCUT2D eigenvalue weighted by atomic mass is 19.1. The zero-order chi connectivity index (χ0) is 15.2. The Hall–Kier alpha value is -2.56. The van der Waals surface area contributed by atoms with Crippen molar-refractivity contribution in [3.63, 3.8) is 0 Å². The van der Waals surface area contributed by atoms with E-state index in [0.717, 1.165) is 11.3 Å². The summed E-state index contributed by atoms with van der Waals surface area (Å²) < 4.78 is 18.2. The van der Waals surface area contributed by atoms with E-state index in [2.05, 4.69) is 5.32 Å². The summed E-state index contributed by atoms with van der Waals surface area (Å²) in [4.78, 5) is 13.5. The van der Waals surface area contributed by atoms with Crippen molar-refractivity contribution < 1.29 is 13.9 Å². The van der Waals surface area contributed by atoms with Gasteiger partial charge in [0.2, 0.25) is 0 Å². The molecule has 0 saturated carbocycles. The molecule has 1 N–H and O–H groups in total. The maximum atomic E-state index is 13.1. The molecule has 2 aromatic rings. The van der Waals surface area contributed by atoms with E-state index in [0.29, 0.717) is 12.2 Å². The second-order valence-electron chi connectivity index (χ2n) is 4.64. The second-order valence-corrected chi connectivity index (χ2v) is 4.64. The Morgan fingerprint density at radius 1 is 1.24 bits per heavy atom. The summed E-state index contributed by atoms with van der Waals surface area (Å²) in [6.45, 7) is 0.333. The van der Waals surface area contributed by atoms with Crippen LogP contribution in [0.2, 0.25) is 0 Å². The molecule has 0 fully saturated rings. The Bertz CT molecular complexity index is 614. The van der Waals surface area contributed by atoms with Crippen LogP contribution in [0, 0.1) is 5.82 Å². The number of urea groups is 1. The minimum Gasteiger partial charge on any atom is -0.497 e. The lowest BCUT2D eigenvalue weighted by molar-refractivity contribution is 0.220. The summed E-state index contributed by atoms with van der Waals surface area (Å²) in [5.41, 5.74) is 1.41. The largest absolute Gasteiger partial charge is 0.497 e. The molecule has 0 aliphatic rings. The van der Waals surface area contributed by atoms with Crippen LogP contribution in [0.3, 0.4) is 0 Å². The molecular formula is C16H17FN2O2. The van der Waals surface area contributed by atoms with E-state index in [1.54, 1.807) is 50.6 Å². The van der Waals surface area contributed by atoms with Gasteiger partial charge in [-0.2, -0.15) is 0 Å². The smallest absolute Gasteiger partial charge is 0.321 e. The number of anilines is 1. The van der Waals surface area contributed by atoms with Gasteiger partial charge in [0.15, 0.2) is 0 Å². The van der Waals surface area contributed by atoms with Crippen molar-refractivity contribution in [1.29, 1.82) is 0 Å². The van der Waals surface area contributed by atoms with Crippen LogP contribution in [0.1, 0.15) is 5.56 Å². The number of hydrogen-bond acceptors (Lipinski definition) is 2. The molecule has 0 unspecified atom stereocenters. The Morgan fingerprint density at radius 3 is 2.57 bits per heavy atom. The summed E-state index contributed by atoms with van der Waals surface area (Å²) in [5, 5.41) is 2.77. The summed E-state index contributed by atoms with van der Waals surface area (Å²) in [7, 11) is 3.24. The third-order valence-electron chi connectivity index (χ3n) is 3.00. The van der Waals surface area contributed by atoms with Crippen molar-refractivity contribution >= 4 is 11.7 Å². The maximum absolute atomic E-state index is 13.1. The average molecular weight is 288 g/mol. The van der Waals surface area contributed by atoms with Crippen molar-refractivity contribution in [2.24, 2.45) is 0 Å². The van der Waals surface area contributed by atoms with E-state index in [1.165, 1.54) is 17.0 Å². The molecule has 0 aliphatic carbocycles. The number of amides is 2. The van der Waals surface area contributed by atoms with Crippen molar-refractivity contribution in [1.82, 2.24) is 4.90 Å². The topological polar surface area (TPSA) is 41.6 Å². The van der Waals surface area contributed by atoms with Gasteiger partial charge < -0.3 is 15.0 Å². The van der Waals surface area contributed by atoms with E-state index < -0.39 is 0 Å². The van der Waals surface area contributed by atoms with Gasteiger partial charge >= 0.3 is 6.03 Å². The Balaban J connectivity index is 1.95. The molecule has 4 nitrogen and oxygen atoms in total. The van der Waals surface area contributed by atoms with Gasteiger partial charge in [0, 0.05) is 19.3 Å². The quantitative estimate of drug-likeness (QED) is 0.935. The van der Waals surface area contributed by atoms with Gasteiger partial charge in [0.05, 0.1) is 7.11 Å². The Morgan fingerprint density at radius 2 is 1.95 bits per heavy atom. The second kappa shape index (κ2) is 6.74. The lowest BCUT2D eigenvalue weighted by Crippen LogP contribution is -2.30. The van der Waals surface area contributed by atoms with Crippen molar-refractivity contribution in [2.45, 2.75) is 6.54 Å². The minimum atomic E-state index is -0.309. The number of ether oxygens (including phenoxy) is 1. The summed E-state index contributed by atoms with van der Waals surface area (Å²) in [6.07, 6.45) is 0. The molecule has 0 saturated heterocycles. The van der Waals surface area contributed by atoms with Crippen LogP contribution >= 0.6 is 0 Å². The predicted octanol–water partition coefficient (Wildman–Crippen LogP) is 3.50. The van der Waals surface area contributed by atoms with Crippen molar-refractivity contribution in [2.75, 3.05) is 19.5 Å². The molecule has 0 aromatic heterocycles. The van der Waals surface area contributed by atoms with Gasteiger partial charge in [-0.05, 0) is 42.0 Å². The van der Waals surface area contributed by atoms with E-state index in [-0.39, 0.29) is 11.8 Å². The fourth-order valence-corrected chi connectivity index (χ4v) is 1.87. The molecule has 0 heterocycles. The van der Waals surface area contributed by atoms with Crippen LogP contribution in [0.5, 0.6) is 5.75 Å². The number of carbonyl (C=O) groups is 1. The summed E-state index contributed by atoms with van der Waals surface area (Å²) >= 11 is 0. The molecule has 0 bridgehead atoms. The van der Waals surface area contributed by atoms with Crippen LogP contribution in [0.4, 0.5) is 14.9 Å². The number of rotatable bonds is 4. The molecule has 21 heavy (non-hydrogen) atoms. The number of hydrogen-bond donors (Lipinski definition) is 1. The number of nitrogens with one attached hydrogen (secondary N) is 1. The molecule has 2 aromatic carbocycles. The Kier molecular flexibility index (Phi) is 4.77. The summed E-state index contributed by atoms with van der Waals surface area (Å²) in [6, 6.07) is 13.0. The molecule has 0 radical (unpaired) electrons. The van der Waals surface area contributed by atoms with Gasteiger partial charge in [-0.3, -0.25) is 0 Å². The van der Waals surface area contributed by atoms with E-state index in [4.69, 9.17) is 4.74 Å². The van der Waals surface area contributed by atoms with Gasteiger partial charge in [-0.25, -0.2) is 9.18 Å². The SMILES string of the molecule is COc1ccc(NC(=O)N(C)Cc2cccc(F)c2)cc1. The van der Waals surface area contributed by atoms with E-state index >= 15 is 0 Å². The molecular weight excluding hydrogens is 271 g/mol. The average Bonchev–Trinajstić information content (AvgIpc) is 2.48. The van der Waals surface area contributed by atoms with Crippen LogP contribution in [0.15, 0.2) is 48.5 Å². The zero-order valence-electron chi connectivity index (χ0n) is 12.0. The molecule has 2 amide bonds. The van der Waals surface area contributed by atoms with Gasteiger partial charge in [-0.15, -0.1) is 0 Å². The molecule has 2 rings (SSSR count). The fraction of sp³-hybridized carbons (Fsp3) is 0.188. The molecule has 0 aliphatic heterocycles. The lowest BCUT2D eigenvalue weighted by Gasteiger charge is -2.18. The van der Waals surface area contributed by atoms with E-state index in [1.807, 2.05) is 0 Å². The zero-order valence-corrected chi connectivity index (χ0v) is 12.0.